The highest BCUT2D eigenvalue weighted by Crippen LogP contribution is 2.30. The Morgan fingerprint density at radius 3 is 2.41 bits per heavy atom. The van der Waals surface area contributed by atoms with E-state index >= 15 is 0 Å². The summed E-state index contributed by atoms with van der Waals surface area (Å²) in [6.07, 6.45) is -0.664. The van der Waals surface area contributed by atoms with Gasteiger partial charge in [-0.3, -0.25) is 0 Å². The molecule has 1 aromatic carbocycles. The largest absolute Gasteiger partial charge is 0.389 e. The lowest BCUT2D eigenvalue weighted by Gasteiger charge is -2.30. The summed E-state index contributed by atoms with van der Waals surface area (Å²) >= 11 is 0. The maximum atomic E-state index is 13.9. The predicted octanol–water partition coefficient (Wildman–Crippen LogP) is 3.36. The van der Waals surface area contributed by atoms with Crippen LogP contribution in [-0.2, 0) is 0 Å². The van der Waals surface area contributed by atoms with Gasteiger partial charge in [-0.15, -0.1) is 0 Å². The number of aliphatic hydroxyl groups is 1. The number of aliphatic hydroxyl groups excluding tert-OH is 1. The van der Waals surface area contributed by atoms with Gasteiger partial charge in [-0.2, -0.15) is 0 Å². The van der Waals surface area contributed by atoms with Gasteiger partial charge >= 0.3 is 0 Å². The number of benzene rings is 1. The summed E-state index contributed by atoms with van der Waals surface area (Å²) in [5.74, 6) is -0.282. The molecule has 0 aliphatic rings. The summed E-state index contributed by atoms with van der Waals surface area (Å²) in [6.45, 7) is 8.70. The first-order chi connectivity index (χ1) is 7.72. The van der Waals surface area contributed by atoms with E-state index in [1.54, 1.807) is 19.1 Å². The average molecular weight is 239 g/mol. The van der Waals surface area contributed by atoms with Gasteiger partial charge in [0.2, 0.25) is 0 Å². The number of halogens is 1. The number of anilines is 1. The van der Waals surface area contributed by atoms with Crippen LogP contribution in [0.5, 0.6) is 0 Å². The molecule has 1 N–H and O–H groups in total. The zero-order valence-corrected chi connectivity index (χ0v) is 11.3. The van der Waals surface area contributed by atoms with Gasteiger partial charge in [-0.05, 0) is 18.4 Å². The standard InChI is InChI=1S/C14H22FNO/c1-10(17)11-7-6-8-12(15)13(11)16(5)9-14(2,3)4/h6-8,10,17H,9H2,1-5H3/t10-/m0/s1. The SMILES string of the molecule is C[C@H](O)c1cccc(F)c1N(C)CC(C)(C)C. The van der Waals surface area contributed by atoms with Crippen LogP contribution >= 0.6 is 0 Å². The molecular weight excluding hydrogens is 217 g/mol. The Morgan fingerprint density at radius 2 is 1.94 bits per heavy atom. The van der Waals surface area contributed by atoms with Crippen molar-refractivity contribution in [1.82, 2.24) is 0 Å². The van der Waals surface area contributed by atoms with E-state index in [9.17, 15) is 9.50 Å². The monoisotopic (exact) mass is 239 g/mol. The molecule has 0 spiro atoms. The smallest absolute Gasteiger partial charge is 0.146 e. The Balaban J connectivity index is 3.11. The Kier molecular flexibility index (Phi) is 4.15. The summed E-state index contributed by atoms with van der Waals surface area (Å²) in [5.41, 5.74) is 1.21. The number of hydrogen-bond acceptors (Lipinski definition) is 2. The normalized spacial score (nSPS) is 13.6. The fourth-order valence-electron chi connectivity index (χ4n) is 2.06. The van der Waals surface area contributed by atoms with Crippen molar-refractivity contribution in [3.05, 3.63) is 29.6 Å². The number of hydrogen-bond donors (Lipinski definition) is 1. The van der Waals surface area contributed by atoms with Crippen LogP contribution in [0.1, 0.15) is 39.4 Å². The Hall–Kier alpha value is -1.09. The molecule has 96 valence electrons. The lowest BCUT2D eigenvalue weighted by atomic mass is 9.95. The van der Waals surface area contributed by atoms with Gasteiger partial charge in [0.15, 0.2) is 0 Å². The minimum Gasteiger partial charge on any atom is -0.389 e. The topological polar surface area (TPSA) is 23.5 Å². The molecule has 17 heavy (non-hydrogen) atoms. The third-order valence-electron chi connectivity index (χ3n) is 2.56. The van der Waals surface area contributed by atoms with Crippen LogP contribution in [0.25, 0.3) is 0 Å². The highest BCUT2D eigenvalue weighted by Gasteiger charge is 2.20. The summed E-state index contributed by atoms with van der Waals surface area (Å²) in [4.78, 5) is 1.87. The molecule has 0 saturated heterocycles. The molecule has 2 nitrogen and oxygen atoms in total. The van der Waals surface area contributed by atoms with Crippen molar-refractivity contribution in [2.24, 2.45) is 5.41 Å². The summed E-state index contributed by atoms with van der Waals surface area (Å²) in [6, 6.07) is 4.83. The minimum atomic E-state index is -0.664. The summed E-state index contributed by atoms with van der Waals surface area (Å²) in [7, 11) is 1.86. The molecule has 1 rings (SSSR count). The van der Waals surface area contributed by atoms with Crippen LogP contribution in [0.3, 0.4) is 0 Å². The molecule has 1 aromatic rings. The van der Waals surface area contributed by atoms with Crippen LogP contribution in [0, 0.1) is 11.2 Å². The minimum absolute atomic E-state index is 0.0764. The van der Waals surface area contributed by atoms with Crippen molar-refractivity contribution in [2.75, 3.05) is 18.5 Å². The van der Waals surface area contributed by atoms with Gasteiger partial charge < -0.3 is 10.0 Å². The highest BCUT2D eigenvalue weighted by atomic mass is 19.1. The van der Waals surface area contributed by atoms with E-state index in [0.29, 0.717) is 11.3 Å². The van der Waals surface area contributed by atoms with E-state index in [2.05, 4.69) is 20.8 Å². The van der Waals surface area contributed by atoms with Crippen LogP contribution in [0.4, 0.5) is 10.1 Å². The van der Waals surface area contributed by atoms with Crippen LogP contribution in [0.15, 0.2) is 18.2 Å². The molecule has 0 bridgehead atoms. The molecule has 0 unspecified atom stereocenters. The molecule has 0 aromatic heterocycles. The van der Waals surface area contributed by atoms with Gasteiger partial charge in [0.05, 0.1) is 11.8 Å². The average Bonchev–Trinajstić information content (AvgIpc) is 2.13. The fraction of sp³-hybridized carbons (Fsp3) is 0.571. The van der Waals surface area contributed by atoms with E-state index < -0.39 is 6.10 Å². The van der Waals surface area contributed by atoms with Crippen molar-refractivity contribution < 1.29 is 9.50 Å². The Labute approximate surface area is 103 Å². The summed E-state index contributed by atoms with van der Waals surface area (Å²) in [5, 5.41) is 9.68. The molecule has 1 atom stereocenters. The molecule has 0 aliphatic carbocycles. The van der Waals surface area contributed by atoms with E-state index in [-0.39, 0.29) is 11.2 Å². The second kappa shape index (κ2) is 5.05. The molecule has 3 heteroatoms. The quantitative estimate of drug-likeness (QED) is 0.874. The number of para-hydroxylation sites is 1. The Bertz CT molecular complexity index is 382. The lowest BCUT2D eigenvalue weighted by molar-refractivity contribution is 0.199. The first kappa shape index (κ1) is 14.0. The molecule has 0 fully saturated rings. The second-order valence-electron chi connectivity index (χ2n) is 5.77. The number of rotatable bonds is 3. The first-order valence-electron chi connectivity index (χ1n) is 5.90. The zero-order chi connectivity index (χ0) is 13.2. The highest BCUT2D eigenvalue weighted by molar-refractivity contribution is 5.55. The first-order valence-corrected chi connectivity index (χ1v) is 5.90. The van der Waals surface area contributed by atoms with Crippen molar-refractivity contribution >= 4 is 5.69 Å². The van der Waals surface area contributed by atoms with Crippen molar-refractivity contribution in [3.63, 3.8) is 0 Å². The van der Waals surface area contributed by atoms with Gasteiger partial charge in [0.25, 0.3) is 0 Å². The molecule has 0 saturated carbocycles. The predicted molar refractivity (Wildman–Crippen MR) is 69.8 cm³/mol. The van der Waals surface area contributed by atoms with Crippen molar-refractivity contribution in [3.8, 4) is 0 Å². The molecule has 0 aliphatic heterocycles. The second-order valence-corrected chi connectivity index (χ2v) is 5.77. The molecular formula is C14H22FNO. The van der Waals surface area contributed by atoms with Crippen LogP contribution < -0.4 is 4.90 Å². The third kappa shape index (κ3) is 3.70. The third-order valence-corrected chi connectivity index (χ3v) is 2.56. The van der Waals surface area contributed by atoms with Gasteiger partial charge in [-0.25, -0.2) is 4.39 Å². The molecule has 0 heterocycles. The maximum Gasteiger partial charge on any atom is 0.146 e. The van der Waals surface area contributed by atoms with Crippen molar-refractivity contribution in [2.45, 2.75) is 33.8 Å². The van der Waals surface area contributed by atoms with Gasteiger partial charge in [-0.1, -0.05) is 32.9 Å². The van der Waals surface area contributed by atoms with Crippen LogP contribution in [0.2, 0.25) is 0 Å². The van der Waals surface area contributed by atoms with Crippen LogP contribution in [-0.4, -0.2) is 18.7 Å². The number of nitrogens with zero attached hydrogens (tertiary/aromatic N) is 1. The van der Waals surface area contributed by atoms with Gasteiger partial charge in [0.1, 0.15) is 5.82 Å². The Morgan fingerprint density at radius 1 is 1.35 bits per heavy atom. The fourth-order valence-corrected chi connectivity index (χ4v) is 2.06. The van der Waals surface area contributed by atoms with E-state index in [4.69, 9.17) is 0 Å². The van der Waals surface area contributed by atoms with E-state index in [0.717, 1.165) is 6.54 Å². The zero-order valence-electron chi connectivity index (χ0n) is 11.3. The van der Waals surface area contributed by atoms with Gasteiger partial charge in [0, 0.05) is 19.2 Å². The molecule has 0 amide bonds. The summed E-state index contributed by atoms with van der Waals surface area (Å²) < 4.78 is 13.9. The molecule has 0 radical (unpaired) electrons. The maximum absolute atomic E-state index is 13.9. The van der Waals surface area contributed by atoms with Crippen molar-refractivity contribution in [1.29, 1.82) is 0 Å². The van der Waals surface area contributed by atoms with E-state index in [1.165, 1.54) is 6.07 Å². The van der Waals surface area contributed by atoms with E-state index in [1.807, 2.05) is 11.9 Å². The lowest BCUT2D eigenvalue weighted by Crippen LogP contribution is -2.30.